The lowest BCUT2D eigenvalue weighted by Gasteiger charge is -2.12. The highest BCUT2D eigenvalue weighted by Gasteiger charge is 2.30. The molecule has 2 N–H and O–H groups in total. The standard InChI is InChI=1S/C19H14F3N3O3/c20-19(21,22)12-4-3-5-13(10-12)28-11-18(27)23-15-7-2-1-6-14(15)16-8-9-17(26)25-24-16/h1-10H,11H2,(H,23,27)(H,25,26). The zero-order chi connectivity index (χ0) is 20.1. The van der Waals surface area contributed by atoms with Crippen molar-refractivity contribution in [1.29, 1.82) is 0 Å². The number of benzene rings is 2. The van der Waals surface area contributed by atoms with Crippen molar-refractivity contribution in [2.24, 2.45) is 0 Å². The van der Waals surface area contributed by atoms with Crippen LogP contribution in [0.5, 0.6) is 5.75 Å². The zero-order valence-electron chi connectivity index (χ0n) is 14.3. The first-order valence-corrected chi connectivity index (χ1v) is 8.08. The van der Waals surface area contributed by atoms with Crippen LogP contribution in [0.25, 0.3) is 11.3 Å². The molecule has 2 aromatic carbocycles. The summed E-state index contributed by atoms with van der Waals surface area (Å²) >= 11 is 0. The Morgan fingerprint density at radius 1 is 1.07 bits per heavy atom. The molecule has 0 aliphatic carbocycles. The maximum absolute atomic E-state index is 12.7. The van der Waals surface area contributed by atoms with Crippen molar-refractivity contribution < 1.29 is 22.7 Å². The number of alkyl halides is 3. The number of halogens is 3. The van der Waals surface area contributed by atoms with E-state index >= 15 is 0 Å². The second-order valence-electron chi connectivity index (χ2n) is 5.71. The van der Waals surface area contributed by atoms with E-state index in [2.05, 4.69) is 15.5 Å². The number of aromatic amines is 1. The van der Waals surface area contributed by atoms with Gasteiger partial charge in [-0.1, -0.05) is 24.3 Å². The molecule has 0 atom stereocenters. The second-order valence-corrected chi connectivity index (χ2v) is 5.71. The Bertz CT molecular complexity index is 1030. The molecule has 1 amide bonds. The number of anilines is 1. The van der Waals surface area contributed by atoms with Crippen molar-refractivity contribution in [3.8, 4) is 17.0 Å². The predicted molar refractivity (Wildman–Crippen MR) is 95.9 cm³/mol. The number of aromatic nitrogens is 2. The number of hydrogen-bond acceptors (Lipinski definition) is 4. The Labute approximate surface area is 157 Å². The van der Waals surface area contributed by atoms with Crippen LogP contribution in [0.3, 0.4) is 0 Å². The minimum Gasteiger partial charge on any atom is -0.484 e. The van der Waals surface area contributed by atoms with E-state index in [-0.39, 0.29) is 11.3 Å². The number of carbonyl (C=O) groups excluding carboxylic acids is 1. The monoisotopic (exact) mass is 389 g/mol. The molecule has 0 spiro atoms. The van der Waals surface area contributed by atoms with Gasteiger partial charge in [0.2, 0.25) is 0 Å². The number of hydrogen-bond donors (Lipinski definition) is 2. The van der Waals surface area contributed by atoms with Gasteiger partial charge in [0.15, 0.2) is 6.61 Å². The summed E-state index contributed by atoms with van der Waals surface area (Å²) in [5.41, 5.74) is 0.194. The van der Waals surface area contributed by atoms with Gasteiger partial charge >= 0.3 is 6.18 Å². The SMILES string of the molecule is O=C(COc1cccc(C(F)(F)F)c1)Nc1ccccc1-c1ccc(=O)[nH]n1. The maximum atomic E-state index is 12.7. The van der Waals surface area contributed by atoms with E-state index in [0.717, 1.165) is 12.1 Å². The minimum atomic E-state index is -4.50. The van der Waals surface area contributed by atoms with E-state index in [0.29, 0.717) is 16.9 Å². The molecule has 0 aliphatic heterocycles. The van der Waals surface area contributed by atoms with Crippen LogP contribution in [0, 0.1) is 0 Å². The molecule has 1 heterocycles. The largest absolute Gasteiger partial charge is 0.484 e. The van der Waals surface area contributed by atoms with Crippen LogP contribution in [0.2, 0.25) is 0 Å². The zero-order valence-corrected chi connectivity index (χ0v) is 14.3. The van der Waals surface area contributed by atoms with Crippen LogP contribution in [0.1, 0.15) is 5.56 Å². The van der Waals surface area contributed by atoms with E-state index in [1.807, 2.05) is 0 Å². The van der Waals surface area contributed by atoms with Gasteiger partial charge in [-0.05, 0) is 30.3 Å². The van der Waals surface area contributed by atoms with Gasteiger partial charge in [-0.3, -0.25) is 9.59 Å². The Morgan fingerprint density at radius 3 is 2.57 bits per heavy atom. The molecule has 1 aromatic heterocycles. The lowest BCUT2D eigenvalue weighted by Crippen LogP contribution is -2.20. The first kappa shape index (κ1) is 19.2. The van der Waals surface area contributed by atoms with Gasteiger partial charge in [0.25, 0.3) is 11.5 Å². The number of ether oxygens (including phenoxy) is 1. The van der Waals surface area contributed by atoms with Crippen LogP contribution in [0.4, 0.5) is 18.9 Å². The van der Waals surface area contributed by atoms with E-state index in [4.69, 9.17) is 4.74 Å². The van der Waals surface area contributed by atoms with Crippen LogP contribution in [-0.4, -0.2) is 22.7 Å². The van der Waals surface area contributed by atoms with Crippen molar-refractivity contribution in [2.75, 3.05) is 11.9 Å². The van der Waals surface area contributed by atoms with Crippen molar-refractivity contribution >= 4 is 11.6 Å². The van der Waals surface area contributed by atoms with Gasteiger partial charge in [0, 0.05) is 11.6 Å². The number of nitrogens with zero attached hydrogens (tertiary/aromatic N) is 1. The van der Waals surface area contributed by atoms with Gasteiger partial charge < -0.3 is 10.1 Å². The van der Waals surface area contributed by atoms with Crippen LogP contribution >= 0.6 is 0 Å². The summed E-state index contributed by atoms with van der Waals surface area (Å²) in [6, 6.07) is 13.8. The number of para-hydroxylation sites is 1. The second kappa shape index (κ2) is 7.95. The molecule has 28 heavy (non-hydrogen) atoms. The Morgan fingerprint density at radius 2 is 1.86 bits per heavy atom. The van der Waals surface area contributed by atoms with E-state index in [1.165, 1.54) is 24.3 Å². The van der Waals surface area contributed by atoms with Gasteiger partial charge in [-0.25, -0.2) is 5.10 Å². The molecule has 0 saturated heterocycles. The van der Waals surface area contributed by atoms with Gasteiger partial charge in [-0.2, -0.15) is 18.3 Å². The van der Waals surface area contributed by atoms with E-state index < -0.39 is 24.3 Å². The predicted octanol–water partition coefficient (Wildman–Crippen LogP) is 3.47. The van der Waals surface area contributed by atoms with Crippen molar-refractivity contribution in [3.05, 3.63) is 76.6 Å². The number of rotatable bonds is 5. The molecule has 6 nitrogen and oxygen atoms in total. The molecular formula is C19H14F3N3O3. The van der Waals surface area contributed by atoms with E-state index in [1.54, 1.807) is 24.3 Å². The molecule has 0 saturated carbocycles. The van der Waals surface area contributed by atoms with Crippen molar-refractivity contribution in [3.63, 3.8) is 0 Å². The Hall–Kier alpha value is -3.62. The molecule has 0 bridgehead atoms. The quantitative estimate of drug-likeness (QED) is 0.700. The van der Waals surface area contributed by atoms with Crippen LogP contribution < -0.4 is 15.6 Å². The van der Waals surface area contributed by atoms with Crippen molar-refractivity contribution in [2.45, 2.75) is 6.18 Å². The van der Waals surface area contributed by atoms with Gasteiger partial charge in [-0.15, -0.1) is 0 Å². The number of amides is 1. The summed E-state index contributed by atoms with van der Waals surface area (Å²) < 4.78 is 43.3. The van der Waals surface area contributed by atoms with E-state index in [9.17, 15) is 22.8 Å². The summed E-state index contributed by atoms with van der Waals surface area (Å²) in [5, 5.41) is 8.84. The number of carbonyl (C=O) groups is 1. The fraction of sp³-hybridized carbons (Fsp3) is 0.105. The van der Waals surface area contributed by atoms with Crippen LogP contribution in [0.15, 0.2) is 65.5 Å². The summed E-state index contributed by atoms with van der Waals surface area (Å²) in [5.74, 6) is -0.630. The van der Waals surface area contributed by atoms with Gasteiger partial charge in [0.05, 0.1) is 16.9 Å². The third-order valence-corrected chi connectivity index (χ3v) is 3.69. The average Bonchev–Trinajstić information content (AvgIpc) is 2.67. The molecule has 3 aromatic rings. The third-order valence-electron chi connectivity index (χ3n) is 3.69. The molecule has 0 radical (unpaired) electrons. The number of nitrogens with one attached hydrogen (secondary N) is 2. The minimum absolute atomic E-state index is 0.0689. The summed E-state index contributed by atoms with van der Waals surface area (Å²) in [7, 11) is 0. The Kier molecular flexibility index (Phi) is 5.44. The van der Waals surface area contributed by atoms with Gasteiger partial charge in [0.1, 0.15) is 5.75 Å². The molecule has 0 unspecified atom stereocenters. The average molecular weight is 389 g/mol. The van der Waals surface area contributed by atoms with Crippen LogP contribution in [-0.2, 0) is 11.0 Å². The fourth-order valence-electron chi connectivity index (χ4n) is 2.41. The maximum Gasteiger partial charge on any atom is 0.416 e. The normalized spacial score (nSPS) is 11.1. The molecule has 144 valence electrons. The molecule has 0 fully saturated rings. The summed E-state index contributed by atoms with van der Waals surface area (Å²) in [6.45, 7) is -0.477. The first-order valence-electron chi connectivity index (χ1n) is 8.08. The summed E-state index contributed by atoms with van der Waals surface area (Å²) in [4.78, 5) is 23.3. The topological polar surface area (TPSA) is 84.1 Å². The number of H-pyrrole nitrogens is 1. The lowest BCUT2D eigenvalue weighted by atomic mass is 10.1. The lowest BCUT2D eigenvalue weighted by molar-refractivity contribution is -0.137. The first-order chi connectivity index (χ1) is 13.3. The molecule has 9 heteroatoms. The summed E-state index contributed by atoms with van der Waals surface area (Å²) in [6.07, 6.45) is -4.50. The fourth-order valence-corrected chi connectivity index (χ4v) is 2.41. The highest BCUT2D eigenvalue weighted by molar-refractivity contribution is 5.95. The highest BCUT2D eigenvalue weighted by atomic mass is 19.4. The highest BCUT2D eigenvalue weighted by Crippen LogP contribution is 2.31. The smallest absolute Gasteiger partial charge is 0.416 e. The third kappa shape index (κ3) is 4.76. The molecular weight excluding hydrogens is 375 g/mol. The van der Waals surface area contributed by atoms with Crippen molar-refractivity contribution in [1.82, 2.24) is 10.2 Å². The Balaban J connectivity index is 1.69. The molecule has 3 rings (SSSR count). The molecule has 0 aliphatic rings.